The Morgan fingerprint density at radius 3 is 2.69 bits per heavy atom. The molecule has 7 nitrogen and oxygen atoms in total. The average Bonchev–Trinajstić information content (AvgIpc) is 3.23. The molecule has 2 aromatic rings. The second-order valence-electron chi connectivity index (χ2n) is 6.58. The van der Waals surface area contributed by atoms with Crippen molar-refractivity contribution in [3.8, 4) is 11.5 Å². The van der Waals surface area contributed by atoms with Gasteiger partial charge in [0.15, 0.2) is 11.5 Å². The SMILES string of the molecule is Cc1c(Cl)cnn1CC(=O)N1CCN(Cc2ccc3c(c2)OCO3)CC1. The summed E-state index contributed by atoms with van der Waals surface area (Å²) < 4.78 is 12.4. The number of halogens is 1. The van der Waals surface area contributed by atoms with Crippen LogP contribution in [0.5, 0.6) is 11.5 Å². The van der Waals surface area contributed by atoms with Crippen molar-refractivity contribution in [3.05, 3.63) is 40.7 Å². The van der Waals surface area contributed by atoms with E-state index in [1.807, 2.05) is 24.0 Å². The summed E-state index contributed by atoms with van der Waals surface area (Å²) in [4.78, 5) is 16.7. The molecule has 1 saturated heterocycles. The minimum atomic E-state index is 0.0793. The zero-order valence-corrected chi connectivity index (χ0v) is 15.4. The Morgan fingerprint density at radius 2 is 1.96 bits per heavy atom. The molecule has 0 atom stereocenters. The second kappa shape index (κ2) is 7.17. The van der Waals surface area contributed by atoms with Crippen LogP contribution >= 0.6 is 11.6 Å². The minimum Gasteiger partial charge on any atom is -0.454 e. The van der Waals surface area contributed by atoms with Crippen LogP contribution in [-0.2, 0) is 17.9 Å². The third kappa shape index (κ3) is 3.50. The summed E-state index contributed by atoms with van der Waals surface area (Å²) in [6.45, 7) is 6.37. The Morgan fingerprint density at radius 1 is 1.19 bits per heavy atom. The fourth-order valence-corrected chi connectivity index (χ4v) is 3.41. The predicted octanol–water partition coefficient (Wildman–Crippen LogP) is 1.92. The molecule has 1 aromatic heterocycles. The van der Waals surface area contributed by atoms with Gasteiger partial charge in [-0.15, -0.1) is 0 Å². The van der Waals surface area contributed by atoms with Crippen molar-refractivity contribution in [3.63, 3.8) is 0 Å². The van der Waals surface area contributed by atoms with Gasteiger partial charge in [-0.2, -0.15) is 5.10 Å². The van der Waals surface area contributed by atoms with Gasteiger partial charge >= 0.3 is 0 Å². The summed E-state index contributed by atoms with van der Waals surface area (Å²) in [5.41, 5.74) is 2.01. The minimum absolute atomic E-state index is 0.0793. The maximum atomic E-state index is 12.5. The Bertz CT molecular complexity index is 815. The van der Waals surface area contributed by atoms with E-state index in [4.69, 9.17) is 21.1 Å². The van der Waals surface area contributed by atoms with Crippen LogP contribution in [0.2, 0.25) is 5.02 Å². The number of carbonyl (C=O) groups excluding carboxylic acids is 1. The number of amides is 1. The van der Waals surface area contributed by atoms with Crippen molar-refractivity contribution >= 4 is 17.5 Å². The topological polar surface area (TPSA) is 59.8 Å². The van der Waals surface area contributed by atoms with Crippen LogP contribution in [0, 0.1) is 6.92 Å². The standard InChI is InChI=1S/C18H21ClN4O3/c1-13-15(19)9-20-23(13)11-18(24)22-6-4-21(5-7-22)10-14-2-3-16-17(8-14)26-12-25-16/h2-3,8-9H,4-7,10-12H2,1H3. The van der Waals surface area contributed by atoms with E-state index < -0.39 is 0 Å². The first kappa shape index (κ1) is 17.2. The number of aromatic nitrogens is 2. The Balaban J connectivity index is 1.30. The molecule has 3 heterocycles. The van der Waals surface area contributed by atoms with E-state index in [1.165, 1.54) is 5.56 Å². The molecule has 4 rings (SSSR count). The molecule has 2 aliphatic rings. The van der Waals surface area contributed by atoms with E-state index >= 15 is 0 Å². The van der Waals surface area contributed by atoms with Gasteiger partial charge in [-0.05, 0) is 24.6 Å². The predicted molar refractivity (Wildman–Crippen MR) is 96.4 cm³/mol. The Hall–Kier alpha value is -2.25. The maximum Gasteiger partial charge on any atom is 0.244 e. The van der Waals surface area contributed by atoms with Gasteiger partial charge in [0, 0.05) is 32.7 Å². The van der Waals surface area contributed by atoms with Gasteiger partial charge in [0.25, 0.3) is 0 Å². The summed E-state index contributed by atoms with van der Waals surface area (Å²) in [5.74, 6) is 1.69. The molecule has 0 aliphatic carbocycles. The zero-order chi connectivity index (χ0) is 18.1. The number of piperazine rings is 1. The first-order valence-corrected chi connectivity index (χ1v) is 9.04. The van der Waals surface area contributed by atoms with Crippen LogP contribution < -0.4 is 9.47 Å². The van der Waals surface area contributed by atoms with Crippen molar-refractivity contribution in [2.24, 2.45) is 0 Å². The molecule has 26 heavy (non-hydrogen) atoms. The summed E-state index contributed by atoms with van der Waals surface area (Å²) in [7, 11) is 0. The van der Waals surface area contributed by atoms with Gasteiger partial charge in [-0.1, -0.05) is 17.7 Å². The van der Waals surface area contributed by atoms with Gasteiger partial charge in [-0.3, -0.25) is 14.4 Å². The van der Waals surface area contributed by atoms with Crippen LogP contribution in [0.25, 0.3) is 0 Å². The lowest BCUT2D eigenvalue weighted by Crippen LogP contribution is -2.49. The molecule has 0 radical (unpaired) electrons. The molecule has 0 spiro atoms. The Kier molecular flexibility index (Phi) is 4.74. The first-order chi connectivity index (χ1) is 12.6. The normalized spacial score (nSPS) is 16.9. The highest BCUT2D eigenvalue weighted by atomic mass is 35.5. The van der Waals surface area contributed by atoms with Gasteiger partial charge in [-0.25, -0.2) is 0 Å². The number of ether oxygens (including phenoxy) is 2. The summed E-state index contributed by atoms with van der Waals surface area (Å²) >= 11 is 6.00. The molecule has 0 bridgehead atoms. The third-order valence-corrected chi connectivity index (χ3v) is 5.27. The number of hydrogen-bond donors (Lipinski definition) is 0. The molecular formula is C18H21ClN4O3. The molecule has 1 fully saturated rings. The van der Waals surface area contributed by atoms with E-state index in [0.717, 1.165) is 49.9 Å². The van der Waals surface area contributed by atoms with E-state index in [0.29, 0.717) is 11.8 Å². The van der Waals surface area contributed by atoms with Gasteiger partial charge in [0.2, 0.25) is 12.7 Å². The van der Waals surface area contributed by atoms with Crippen LogP contribution in [0.15, 0.2) is 24.4 Å². The monoisotopic (exact) mass is 376 g/mol. The number of carbonyl (C=O) groups is 1. The van der Waals surface area contributed by atoms with E-state index in [2.05, 4.69) is 16.1 Å². The van der Waals surface area contributed by atoms with E-state index in [-0.39, 0.29) is 12.5 Å². The molecule has 0 unspecified atom stereocenters. The molecule has 8 heteroatoms. The summed E-state index contributed by atoms with van der Waals surface area (Å²) in [6.07, 6.45) is 1.58. The van der Waals surface area contributed by atoms with Crippen molar-refractivity contribution < 1.29 is 14.3 Å². The van der Waals surface area contributed by atoms with Crippen molar-refractivity contribution in [2.75, 3.05) is 33.0 Å². The highest BCUT2D eigenvalue weighted by Gasteiger charge is 2.23. The highest BCUT2D eigenvalue weighted by molar-refractivity contribution is 6.31. The van der Waals surface area contributed by atoms with Crippen molar-refractivity contribution in [2.45, 2.75) is 20.0 Å². The lowest BCUT2D eigenvalue weighted by molar-refractivity contribution is -0.133. The fraction of sp³-hybridized carbons (Fsp3) is 0.444. The molecule has 138 valence electrons. The van der Waals surface area contributed by atoms with Crippen LogP contribution in [0.4, 0.5) is 0 Å². The smallest absolute Gasteiger partial charge is 0.244 e. The molecule has 0 N–H and O–H groups in total. The molecule has 1 amide bonds. The number of fused-ring (bicyclic) bond motifs is 1. The summed E-state index contributed by atoms with van der Waals surface area (Å²) in [6, 6.07) is 6.05. The van der Waals surface area contributed by atoms with Gasteiger partial charge < -0.3 is 14.4 Å². The lowest BCUT2D eigenvalue weighted by Gasteiger charge is -2.34. The average molecular weight is 377 g/mol. The fourth-order valence-electron chi connectivity index (χ4n) is 3.26. The van der Waals surface area contributed by atoms with Crippen LogP contribution in [0.3, 0.4) is 0 Å². The van der Waals surface area contributed by atoms with Gasteiger partial charge in [0.05, 0.1) is 16.9 Å². The largest absolute Gasteiger partial charge is 0.454 e. The number of rotatable bonds is 4. The van der Waals surface area contributed by atoms with E-state index in [1.54, 1.807) is 10.9 Å². The quantitative estimate of drug-likeness (QED) is 0.816. The van der Waals surface area contributed by atoms with Gasteiger partial charge in [0.1, 0.15) is 6.54 Å². The molecule has 0 saturated carbocycles. The second-order valence-corrected chi connectivity index (χ2v) is 6.99. The lowest BCUT2D eigenvalue weighted by atomic mass is 10.1. The van der Waals surface area contributed by atoms with Crippen molar-refractivity contribution in [1.82, 2.24) is 19.6 Å². The Labute approximate surface area is 157 Å². The van der Waals surface area contributed by atoms with E-state index in [9.17, 15) is 4.79 Å². The number of benzene rings is 1. The third-order valence-electron chi connectivity index (χ3n) is 4.90. The molecular weight excluding hydrogens is 356 g/mol. The molecule has 1 aromatic carbocycles. The molecule has 2 aliphatic heterocycles. The summed E-state index contributed by atoms with van der Waals surface area (Å²) in [5, 5.41) is 4.74. The highest BCUT2D eigenvalue weighted by Crippen LogP contribution is 2.32. The zero-order valence-electron chi connectivity index (χ0n) is 14.7. The number of nitrogens with zero attached hydrogens (tertiary/aromatic N) is 4. The van der Waals surface area contributed by atoms with Crippen LogP contribution in [0.1, 0.15) is 11.3 Å². The van der Waals surface area contributed by atoms with Crippen molar-refractivity contribution in [1.29, 1.82) is 0 Å². The van der Waals surface area contributed by atoms with Crippen LogP contribution in [-0.4, -0.2) is 58.5 Å². The maximum absolute atomic E-state index is 12.5. The first-order valence-electron chi connectivity index (χ1n) is 8.67. The number of hydrogen-bond acceptors (Lipinski definition) is 5.